The van der Waals surface area contributed by atoms with Crippen molar-refractivity contribution in [1.29, 1.82) is 0 Å². The maximum Gasteiger partial charge on any atom is 0.229 e. The predicted octanol–water partition coefficient (Wildman–Crippen LogP) is 2.51. The molecular formula is C11H11BrClNO2. The van der Waals surface area contributed by atoms with Crippen LogP contribution in [0.4, 0.5) is 5.69 Å². The van der Waals surface area contributed by atoms with Gasteiger partial charge in [-0.15, -0.1) is 0 Å². The minimum Gasteiger partial charge on any atom is -0.391 e. The fourth-order valence-electron chi connectivity index (χ4n) is 1.85. The summed E-state index contributed by atoms with van der Waals surface area (Å²) in [4.78, 5) is 13.2. The SMILES string of the molecule is Cc1cc(Br)c(Cl)cc1N1CC(O)CC1=O. The maximum absolute atomic E-state index is 11.6. The summed E-state index contributed by atoms with van der Waals surface area (Å²) in [6.45, 7) is 2.26. The molecule has 1 atom stereocenters. The monoisotopic (exact) mass is 303 g/mol. The Hall–Kier alpha value is -0.580. The normalized spacial score (nSPS) is 20.6. The number of carbonyl (C=O) groups excluding carboxylic acids is 1. The van der Waals surface area contributed by atoms with E-state index in [9.17, 15) is 9.90 Å². The Morgan fingerprint density at radius 3 is 2.81 bits per heavy atom. The summed E-state index contributed by atoms with van der Waals surface area (Å²) >= 11 is 9.33. The lowest BCUT2D eigenvalue weighted by Gasteiger charge is -2.19. The molecule has 0 spiro atoms. The number of aliphatic hydroxyl groups excluding tert-OH is 1. The number of hydrogen-bond donors (Lipinski definition) is 1. The van der Waals surface area contributed by atoms with Crippen molar-refractivity contribution in [3.05, 3.63) is 27.2 Å². The van der Waals surface area contributed by atoms with Gasteiger partial charge in [0.25, 0.3) is 0 Å². The topological polar surface area (TPSA) is 40.5 Å². The van der Waals surface area contributed by atoms with Gasteiger partial charge in [0.1, 0.15) is 0 Å². The number of benzene rings is 1. The molecule has 86 valence electrons. The molecule has 0 saturated carbocycles. The van der Waals surface area contributed by atoms with Gasteiger partial charge in [0, 0.05) is 10.2 Å². The highest BCUT2D eigenvalue weighted by atomic mass is 79.9. The van der Waals surface area contributed by atoms with E-state index in [0.717, 1.165) is 15.7 Å². The van der Waals surface area contributed by atoms with Crippen LogP contribution in [0, 0.1) is 6.92 Å². The lowest BCUT2D eigenvalue weighted by Crippen LogP contribution is -2.26. The van der Waals surface area contributed by atoms with Crippen LogP contribution in [0.2, 0.25) is 5.02 Å². The van der Waals surface area contributed by atoms with Crippen molar-refractivity contribution in [1.82, 2.24) is 0 Å². The summed E-state index contributed by atoms with van der Waals surface area (Å²) in [5, 5.41) is 10.0. The fourth-order valence-corrected chi connectivity index (χ4v) is 2.46. The quantitative estimate of drug-likeness (QED) is 0.866. The molecule has 1 aliphatic rings. The Morgan fingerprint density at radius 1 is 1.56 bits per heavy atom. The van der Waals surface area contributed by atoms with E-state index in [1.54, 1.807) is 11.0 Å². The average molecular weight is 305 g/mol. The molecule has 1 N–H and O–H groups in total. The van der Waals surface area contributed by atoms with Crippen LogP contribution >= 0.6 is 27.5 Å². The molecule has 1 unspecified atom stereocenters. The van der Waals surface area contributed by atoms with Crippen LogP contribution in [-0.4, -0.2) is 23.7 Å². The number of nitrogens with zero attached hydrogens (tertiary/aromatic N) is 1. The molecule has 1 amide bonds. The molecule has 0 radical (unpaired) electrons. The van der Waals surface area contributed by atoms with E-state index in [2.05, 4.69) is 15.9 Å². The van der Waals surface area contributed by atoms with Gasteiger partial charge in [-0.1, -0.05) is 11.6 Å². The third-order valence-electron chi connectivity index (χ3n) is 2.63. The highest BCUT2D eigenvalue weighted by molar-refractivity contribution is 9.10. The second-order valence-electron chi connectivity index (χ2n) is 3.92. The van der Waals surface area contributed by atoms with Crippen molar-refractivity contribution in [2.75, 3.05) is 11.4 Å². The Labute approximate surface area is 107 Å². The fraction of sp³-hybridized carbons (Fsp3) is 0.364. The van der Waals surface area contributed by atoms with Crippen molar-refractivity contribution in [3.8, 4) is 0 Å². The molecule has 0 aliphatic carbocycles. The number of rotatable bonds is 1. The number of aryl methyl sites for hydroxylation is 1. The van der Waals surface area contributed by atoms with Crippen LogP contribution in [0.3, 0.4) is 0 Å². The van der Waals surface area contributed by atoms with Crippen LogP contribution in [0.1, 0.15) is 12.0 Å². The van der Waals surface area contributed by atoms with E-state index in [1.807, 2.05) is 13.0 Å². The van der Waals surface area contributed by atoms with Crippen molar-refractivity contribution in [3.63, 3.8) is 0 Å². The van der Waals surface area contributed by atoms with Crippen LogP contribution < -0.4 is 4.90 Å². The third kappa shape index (κ3) is 2.10. The summed E-state index contributed by atoms with van der Waals surface area (Å²) in [5.74, 6) is -0.0611. The Kier molecular flexibility index (Phi) is 3.24. The van der Waals surface area contributed by atoms with Crippen LogP contribution in [0.15, 0.2) is 16.6 Å². The van der Waals surface area contributed by atoms with E-state index in [0.29, 0.717) is 11.6 Å². The second-order valence-corrected chi connectivity index (χ2v) is 5.18. The van der Waals surface area contributed by atoms with E-state index in [4.69, 9.17) is 11.6 Å². The maximum atomic E-state index is 11.6. The van der Waals surface area contributed by atoms with Crippen LogP contribution in [0.25, 0.3) is 0 Å². The first-order valence-electron chi connectivity index (χ1n) is 4.93. The molecular weight excluding hydrogens is 293 g/mol. The molecule has 1 aromatic carbocycles. The summed E-state index contributed by atoms with van der Waals surface area (Å²) in [7, 11) is 0. The van der Waals surface area contributed by atoms with E-state index in [1.165, 1.54) is 0 Å². The third-order valence-corrected chi connectivity index (χ3v) is 3.83. The molecule has 1 fully saturated rings. The van der Waals surface area contributed by atoms with Crippen molar-refractivity contribution < 1.29 is 9.90 Å². The first kappa shape index (κ1) is 11.9. The lowest BCUT2D eigenvalue weighted by molar-refractivity contribution is -0.117. The van der Waals surface area contributed by atoms with Gasteiger partial charge in [0.05, 0.1) is 24.1 Å². The number of hydrogen-bond acceptors (Lipinski definition) is 2. The van der Waals surface area contributed by atoms with Gasteiger partial charge < -0.3 is 10.0 Å². The Bertz CT molecular complexity index is 450. The highest BCUT2D eigenvalue weighted by Gasteiger charge is 2.30. The number of amides is 1. The summed E-state index contributed by atoms with van der Waals surface area (Å²) in [5.41, 5.74) is 1.73. The van der Waals surface area contributed by atoms with Gasteiger partial charge in [-0.05, 0) is 40.5 Å². The molecule has 5 heteroatoms. The van der Waals surface area contributed by atoms with Crippen molar-refractivity contribution in [2.24, 2.45) is 0 Å². The number of anilines is 1. The Balaban J connectivity index is 2.41. The number of carbonyl (C=O) groups is 1. The molecule has 2 rings (SSSR count). The summed E-state index contributed by atoms with van der Waals surface area (Å²) < 4.78 is 0.808. The first-order chi connectivity index (χ1) is 7.49. The van der Waals surface area contributed by atoms with Crippen molar-refractivity contribution >= 4 is 39.1 Å². The molecule has 16 heavy (non-hydrogen) atoms. The van der Waals surface area contributed by atoms with Gasteiger partial charge in [0.2, 0.25) is 5.91 Å². The number of β-amino-alcohol motifs (C(OH)–C–C–N with tert-alkyl or cyclic N) is 1. The second kappa shape index (κ2) is 4.35. The van der Waals surface area contributed by atoms with Gasteiger partial charge in [-0.3, -0.25) is 4.79 Å². The lowest BCUT2D eigenvalue weighted by atomic mass is 10.2. The highest BCUT2D eigenvalue weighted by Crippen LogP contribution is 2.33. The zero-order chi connectivity index (χ0) is 11.9. The van der Waals surface area contributed by atoms with Gasteiger partial charge >= 0.3 is 0 Å². The smallest absolute Gasteiger partial charge is 0.229 e. The molecule has 1 aliphatic heterocycles. The molecule has 0 aromatic heterocycles. The Morgan fingerprint density at radius 2 is 2.25 bits per heavy atom. The van der Waals surface area contributed by atoms with Crippen LogP contribution in [0.5, 0.6) is 0 Å². The molecule has 1 heterocycles. The number of aliphatic hydroxyl groups is 1. The zero-order valence-electron chi connectivity index (χ0n) is 8.70. The molecule has 1 saturated heterocycles. The van der Waals surface area contributed by atoms with E-state index in [-0.39, 0.29) is 12.3 Å². The average Bonchev–Trinajstić information content (AvgIpc) is 2.51. The van der Waals surface area contributed by atoms with Crippen LogP contribution in [-0.2, 0) is 4.79 Å². The minimum absolute atomic E-state index is 0.0611. The van der Waals surface area contributed by atoms with E-state index >= 15 is 0 Å². The summed E-state index contributed by atoms with van der Waals surface area (Å²) in [6, 6.07) is 3.62. The number of halogens is 2. The van der Waals surface area contributed by atoms with Gasteiger partial charge in [-0.25, -0.2) is 0 Å². The first-order valence-corrected chi connectivity index (χ1v) is 6.10. The largest absolute Gasteiger partial charge is 0.391 e. The van der Waals surface area contributed by atoms with Gasteiger partial charge in [0.15, 0.2) is 0 Å². The standard InChI is InChI=1S/C11H11BrClNO2/c1-6-2-8(12)9(13)4-10(6)14-5-7(15)3-11(14)16/h2,4,7,15H,3,5H2,1H3. The molecule has 1 aromatic rings. The van der Waals surface area contributed by atoms with E-state index < -0.39 is 6.10 Å². The molecule has 0 bridgehead atoms. The molecule has 3 nitrogen and oxygen atoms in total. The summed E-state index contributed by atoms with van der Waals surface area (Å²) in [6.07, 6.45) is -0.387. The van der Waals surface area contributed by atoms with Crippen molar-refractivity contribution in [2.45, 2.75) is 19.4 Å². The minimum atomic E-state index is -0.575. The zero-order valence-corrected chi connectivity index (χ0v) is 11.0. The predicted molar refractivity (Wildman–Crippen MR) is 66.9 cm³/mol. The van der Waals surface area contributed by atoms with Gasteiger partial charge in [-0.2, -0.15) is 0 Å².